The highest BCUT2D eigenvalue weighted by Gasteiger charge is 2.30. The van der Waals surface area contributed by atoms with Crippen LogP contribution in [-0.2, 0) is 14.8 Å². The normalized spacial score (nSPS) is 15.5. The molecule has 9 nitrogen and oxygen atoms in total. The van der Waals surface area contributed by atoms with E-state index in [0.717, 1.165) is 44.4 Å². The molecule has 1 saturated carbocycles. The van der Waals surface area contributed by atoms with Crippen LogP contribution in [0.2, 0.25) is 0 Å². The van der Waals surface area contributed by atoms with E-state index in [1.165, 1.54) is 19.2 Å². The van der Waals surface area contributed by atoms with Crippen LogP contribution in [0.15, 0.2) is 18.2 Å². The summed E-state index contributed by atoms with van der Waals surface area (Å²) < 4.78 is 30.9. The van der Waals surface area contributed by atoms with E-state index >= 15 is 0 Å². The molecular formula is C16H23N3O6S. The zero-order valence-corrected chi connectivity index (χ0v) is 15.6. The fraction of sp³-hybridized carbons (Fsp3) is 0.562. The van der Waals surface area contributed by atoms with Gasteiger partial charge in [0.2, 0.25) is 10.0 Å². The lowest BCUT2D eigenvalue weighted by Crippen LogP contribution is -2.41. The lowest BCUT2D eigenvalue weighted by atomic mass is 9.98. The number of nitro benzene ring substituents is 1. The first-order chi connectivity index (χ1) is 12.2. The lowest BCUT2D eigenvalue weighted by Gasteiger charge is -2.27. The van der Waals surface area contributed by atoms with Crippen LogP contribution in [0.4, 0.5) is 11.4 Å². The molecule has 0 aliphatic heterocycles. The van der Waals surface area contributed by atoms with Gasteiger partial charge in [0.25, 0.3) is 11.6 Å². The Morgan fingerprint density at radius 1 is 1.35 bits per heavy atom. The number of nitro groups is 1. The molecule has 1 amide bonds. The molecule has 0 spiro atoms. The Morgan fingerprint density at radius 2 is 2.00 bits per heavy atom. The fourth-order valence-electron chi connectivity index (χ4n) is 2.96. The quantitative estimate of drug-likeness (QED) is 0.561. The van der Waals surface area contributed by atoms with Gasteiger partial charge in [-0.15, -0.1) is 0 Å². The number of hydrogen-bond acceptors (Lipinski definition) is 7. The Kier molecular flexibility index (Phi) is 6.54. The molecule has 0 radical (unpaired) electrons. The van der Waals surface area contributed by atoms with Crippen LogP contribution in [0, 0.1) is 10.1 Å². The second kappa shape index (κ2) is 8.45. The summed E-state index contributed by atoms with van der Waals surface area (Å²) in [4.78, 5) is 22.9. The number of sulfonamides is 1. The van der Waals surface area contributed by atoms with E-state index in [1.54, 1.807) is 0 Å². The predicted molar refractivity (Wildman–Crippen MR) is 96.9 cm³/mol. The van der Waals surface area contributed by atoms with E-state index in [4.69, 9.17) is 4.74 Å². The van der Waals surface area contributed by atoms with Crippen LogP contribution in [0.1, 0.15) is 32.1 Å². The Morgan fingerprint density at radius 3 is 2.54 bits per heavy atom. The number of ether oxygens (including phenoxy) is 1. The zero-order chi connectivity index (χ0) is 19.3. The van der Waals surface area contributed by atoms with E-state index in [-0.39, 0.29) is 29.8 Å². The summed E-state index contributed by atoms with van der Waals surface area (Å²) in [5.41, 5.74) is -0.238. The Balaban J connectivity index is 2.49. The van der Waals surface area contributed by atoms with Crippen molar-refractivity contribution in [3.05, 3.63) is 28.3 Å². The van der Waals surface area contributed by atoms with Gasteiger partial charge in [-0.1, -0.05) is 6.42 Å². The van der Waals surface area contributed by atoms with Crippen LogP contribution < -0.4 is 14.4 Å². The average Bonchev–Trinajstić information content (AvgIpc) is 2.56. The van der Waals surface area contributed by atoms with Crippen molar-refractivity contribution in [3.8, 4) is 5.75 Å². The van der Waals surface area contributed by atoms with E-state index in [0.29, 0.717) is 4.31 Å². The first kappa shape index (κ1) is 20.1. The Hall–Kier alpha value is -2.20. The molecule has 0 heterocycles. The maximum absolute atomic E-state index is 12.3. The third-order valence-corrected chi connectivity index (χ3v) is 5.17. The van der Waals surface area contributed by atoms with Gasteiger partial charge in [-0.25, -0.2) is 12.7 Å². The van der Waals surface area contributed by atoms with Gasteiger partial charge in [0.1, 0.15) is 5.69 Å². The molecule has 26 heavy (non-hydrogen) atoms. The number of nitrogens with one attached hydrogen (secondary N) is 1. The van der Waals surface area contributed by atoms with Crippen molar-refractivity contribution in [1.82, 2.24) is 5.32 Å². The molecule has 0 aromatic heterocycles. The van der Waals surface area contributed by atoms with Crippen molar-refractivity contribution in [3.63, 3.8) is 0 Å². The maximum atomic E-state index is 12.3. The standard InChI is InChI=1S/C16H23N3O6S/c1-17-11-16(20)18(26(2,23)24)14-9-8-12(19(21)22)10-15(14)25-13-6-4-3-5-7-13/h8-10,13,17H,3-7,11H2,1-2H3. The number of hydrogen-bond donors (Lipinski definition) is 1. The summed E-state index contributed by atoms with van der Waals surface area (Å²) in [6.07, 6.45) is 5.36. The van der Waals surface area contributed by atoms with Gasteiger partial charge < -0.3 is 10.1 Å². The molecule has 0 unspecified atom stereocenters. The third kappa shape index (κ3) is 4.92. The number of non-ortho nitro benzene ring substituents is 1. The van der Waals surface area contributed by atoms with Crippen molar-refractivity contribution in [2.75, 3.05) is 24.2 Å². The molecule has 144 valence electrons. The maximum Gasteiger partial charge on any atom is 0.273 e. The fourth-order valence-corrected chi connectivity index (χ4v) is 3.90. The highest BCUT2D eigenvalue weighted by atomic mass is 32.2. The molecule has 1 aromatic carbocycles. The number of carbonyl (C=O) groups is 1. The smallest absolute Gasteiger partial charge is 0.273 e. The molecule has 1 fully saturated rings. The summed E-state index contributed by atoms with van der Waals surface area (Å²) in [5.74, 6) is -0.668. The van der Waals surface area contributed by atoms with E-state index in [2.05, 4.69) is 5.32 Å². The van der Waals surface area contributed by atoms with Crippen LogP contribution in [0.5, 0.6) is 5.75 Å². The zero-order valence-electron chi connectivity index (χ0n) is 14.8. The van der Waals surface area contributed by atoms with Crippen LogP contribution in [-0.4, -0.2) is 45.2 Å². The second-order valence-corrected chi connectivity index (χ2v) is 8.07. The largest absolute Gasteiger partial charge is 0.488 e. The predicted octanol–water partition coefficient (Wildman–Crippen LogP) is 1.82. The van der Waals surface area contributed by atoms with E-state index in [9.17, 15) is 23.3 Å². The lowest BCUT2D eigenvalue weighted by molar-refractivity contribution is -0.384. The number of carbonyl (C=O) groups excluding carboxylic acids is 1. The number of nitrogens with zero attached hydrogens (tertiary/aromatic N) is 2. The first-order valence-electron chi connectivity index (χ1n) is 8.37. The van der Waals surface area contributed by atoms with Crippen LogP contribution in [0.3, 0.4) is 0 Å². The number of amides is 1. The molecule has 2 rings (SSSR count). The molecule has 0 atom stereocenters. The van der Waals surface area contributed by atoms with E-state index < -0.39 is 20.9 Å². The third-order valence-electron chi connectivity index (χ3n) is 4.11. The summed E-state index contributed by atoms with van der Waals surface area (Å²) >= 11 is 0. The molecule has 1 aromatic rings. The number of anilines is 1. The van der Waals surface area contributed by atoms with Gasteiger partial charge in [-0.3, -0.25) is 14.9 Å². The number of rotatable bonds is 7. The molecule has 1 aliphatic carbocycles. The Labute approximate surface area is 152 Å². The topological polar surface area (TPSA) is 119 Å². The van der Waals surface area contributed by atoms with Crippen LogP contribution >= 0.6 is 0 Å². The molecule has 1 N–H and O–H groups in total. The second-order valence-electron chi connectivity index (χ2n) is 6.24. The Bertz CT molecular complexity index is 774. The monoisotopic (exact) mass is 385 g/mol. The minimum atomic E-state index is -3.94. The molecule has 0 bridgehead atoms. The molecule has 10 heteroatoms. The summed E-state index contributed by atoms with van der Waals surface area (Å²) in [6, 6.07) is 3.58. The van der Waals surface area contributed by atoms with E-state index in [1.807, 2.05) is 0 Å². The van der Waals surface area contributed by atoms with Crippen molar-refractivity contribution in [1.29, 1.82) is 0 Å². The van der Waals surface area contributed by atoms with Gasteiger partial charge in [0, 0.05) is 6.07 Å². The minimum Gasteiger partial charge on any atom is -0.488 e. The van der Waals surface area contributed by atoms with Gasteiger partial charge >= 0.3 is 0 Å². The van der Waals surface area contributed by atoms with Gasteiger partial charge in [0.15, 0.2) is 5.75 Å². The summed E-state index contributed by atoms with van der Waals surface area (Å²) in [5, 5.41) is 13.7. The molecule has 1 aliphatic rings. The molecule has 0 saturated heterocycles. The van der Waals surface area contributed by atoms with Crippen molar-refractivity contribution in [2.45, 2.75) is 38.2 Å². The highest BCUT2D eigenvalue weighted by Crippen LogP contribution is 2.36. The van der Waals surface area contributed by atoms with Gasteiger partial charge in [0.05, 0.1) is 29.9 Å². The summed E-state index contributed by atoms with van der Waals surface area (Å²) in [6.45, 7) is -0.201. The average molecular weight is 385 g/mol. The number of benzene rings is 1. The van der Waals surface area contributed by atoms with Crippen molar-refractivity contribution < 1.29 is 22.9 Å². The number of likely N-dealkylation sites (N-methyl/N-ethyl adjacent to an activating group) is 1. The van der Waals surface area contributed by atoms with Crippen LogP contribution in [0.25, 0.3) is 0 Å². The highest BCUT2D eigenvalue weighted by molar-refractivity contribution is 7.92. The van der Waals surface area contributed by atoms with Crippen molar-refractivity contribution in [2.24, 2.45) is 0 Å². The minimum absolute atomic E-state index is 0.0103. The van der Waals surface area contributed by atoms with Gasteiger partial charge in [-0.05, 0) is 38.8 Å². The van der Waals surface area contributed by atoms with Gasteiger partial charge in [-0.2, -0.15) is 0 Å². The molecular weight excluding hydrogens is 362 g/mol. The first-order valence-corrected chi connectivity index (χ1v) is 10.2. The summed E-state index contributed by atoms with van der Waals surface area (Å²) in [7, 11) is -2.42. The van der Waals surface area contributed by atoms with Crippen molar-refractivity contribution >= 4 is 27.3 Å². The SMILES string of the molecule is CNCC(=O)N(c1ccc([N+](=O)[O-])cc1OC1CCCCC1)S(C)(=O)=O.